The molecule has 1 aromatic rings. The van der Waals surface area contributed by atoms with Crippen LogP contribution in [0.5, 0.6) is 0 Å². The van der Waals surface area contributed by atoms with Gasteiger partial charge in [0.25, 0.3) is 0 Å². The maximum atomic E-state index is 7.17. The zero-order valence-electron chi connectivity index (χ0n) is 6.87. The Bertz CT molecular complexity index is 285. The summed E-state index contributed by atoms with van der Waals surface area (Å²) < 4.78 is 0. The number of hydrogen-bond donors (Lipinski definition) is 2. The molecule has 0 amide bonds. The van der Waals surface area contributed by atoms with Crippen LogP contribution in [0, 0.1) is 5.41 Å². The molecule has 1 rings (SSSR count). The number of amidine groups is 1. The van der Waals surface area contributed by atoms with Gasteiger partial charge in [0.15, 0.2) is 0 Å². The van der Waals surface area contributed by atoms with E-state index in [0.717, 1.165) is 10.6 Å². The lowest BCUT2D eigenvalue weighted by molar-refractivity contribution is 1.21. The fraction of sp³-hybridized carbons (Fsp3) is 0.250. The molecule has 0 spiro atoms. The van der Waals surface area contributed by atoms with Crippen molar-refractivity contribution in [2.45, 2.75) is 11.8 Å². The molecule has 12 heavy (non-hydrogen) atoms. The van der Waals surface area contributed by atoms with E-state index in [9.17, 15) is 0 Å². The summed E-state index contributed by atoms with van der Waals surface area (Å²) in [6.45, 7) is 2.08. The lowest BCUT2D eigenvalue weighted by Gasteiger charge is -2.00. The highest BCUT2D eigenvalue weighted by Crippen LogP contribution is 2.16. The first kappa shape index (κ1) is 9.06. The van der Waals surface area contributed by atoms with Crippen molar-refractivity contribution in [1.82, 2.24) is 4.98 Å². The van der Waals surface area contributed by atoms with Gasteiger partial charge in [0, 0.05) is 11.1 Å². The maximum Gasteiger partial charge on any atom is 0.141 e. The van der Waals surface area contributed by atoms with E-state index >= 15 is 0 Å². The zero-order chi connectivity index (χ0) is 8.97. The molecule has 1 heterocycles. The monoisotopic (exact) mass is 181 g/mol. The minimum Gasteiger partial charge on any atom is -0.382 e. The number of nitrogens with one attached hydrogen (secondary N) is 1. The summed E-state index contributed by atoms with van der Waals surface area (Å²) in [5, 5.41) is 7.17. The molecule has 0 aromatic carbocycles. The van der Waals surface area contributed by atoms with E-state index in [1.165, 1.54) is 0 Å². The van der Waals surface area contributed by atoms with Crippen molar-refractivity contribution in [2.24, 2.45) is 5.73 Å². The van der Waals surface area contributed by atoms with E-state index in [2.05, 4.69) is 11.9 Å². The van der Waals surface area contributed by atoms with Crippen molar-refractivity contribution in [2.75, 3.05) is 5.75 Å². The lowest BCUT2D eigenvalue weighted by atomic mass is 10.3. The van der Waals surface area contributed by atoms with Crippen LogP contribution in [0.25, 0.3) is 0 Å². The molecule has 0 fully saturated rings. The highest BCUT2D eigenvalue weighted by Gasteiger charge is 1.98. The average molecular weight is 181 g/mol. The second-order valence-electron chi connectivity index (χ2n) is 2.22. The molecule has 64 valence electrons. The Kier molecular flexibility index (Phi) is 3.10. The standard InChI is InChI=1S/C8H11N3S/c1-2-12-6-3-4-11-7(5-6)8(9)10/h3-5H,2H2,1H3,(H3,9,10). The molecule has 0 saturated carbocycles. The average Bonchev–Trinajstić information content (AvgIpc) is 2.05. The van der Waals surface area contributed by atoms with E-state index in [4.69, 9.17) is 11.1 Å². The molecule has 4 heteroatoms. The van der Waals surface area contributed by atoms with Crippen molar-refractivity contribution in [3.05, 3.63) is 24.0 Å². The molecule has 0 aliphatic rings. The molecule has 0 atom stereocenters. The van der Waals surface area contributed by atoms with Gasteiger partial charge < -0.3 is 5.73 Å². The number of nitrogens with zero attached hydrogens (tertiary/aromatic N) is 1. The molecule has 0 unspecified atom stereocenters. The first-order valence-corrected chi connectivity index (χ1v) is 4.66. The van der Waals surface area contributed by atoms with E-state index in [-0.39, 0.29) is 5.84 Å². The van der Waals surface area contributed by atoms with Gasteiger partial charge in [-0.1, -0.05) is 6.92 Å². The third-order valence-electron chi connectivity index (χ3n) is 1.32. The van der Waals surface area contributed by atoms with Crippen LogP contribution in [-0.2, 0) is 0 Å². The van der Waals surface area contributed by atoms with Crippen LogP contribution in [0.3, 0.4) is 0 Å². The molecular weight excluding hydrogens is 170 g/mol. The van der Waals surface area contributed by atoms with Crippen LogP contribution in [0.4, 0.5) is 0 Å². The molecule has 3 nitrogen and oxygen atoms in total. The smallest absolute Gasteiger partial charge is 0.141 e. The number of pyridine rings is 1. The molecule has 0 bridgehead atoms. The molecule has 3 N–H and O–H groups in total. The van der Waals surface area contributed by atoms with Crippen molar-refractivity contribution in [3.8, 4) is 0 Å². The summed E-state index contributed by atoms with van der Waals surface area (Å²) in [4.78, 5) is 5.07. The van der Waals surface area contributed by atoms with Crippen LogP contribution >= 0.6 is 11.8 Å². The number of nitrogen functional groups attached to an aromatic ring is 1. The topological polar surface area (TPSA) is 62.8 Å². The molecule has 0 radical (unpaired) electrons. The van der Waals surface area contributed by atoms with Crippen molar-refractivity contribution >= 4 is 17.6 Å². The number of nitrogens with two attached hydrogens (primary N) is 1. The van der Waals surface area contributed by atoms with Crippen LogP contribution in [-0.4, -0.2) is 16.6 Å². The second-order valence-corrected chi connectivity index (χ2v) is 3.56. The summed E-state index contributed by atoms with van der Waals surface area (Å²) in [5.41, 5.74) is 5.84. The Morgan fingerprint density at radius 1 is 1.75 bits per heavy atom. The van der Waals surface area contributed by atoms with Crippen LogP contribution < -0.4 is 5.73 Å². The normalized spacial score (nSPS) is 9.75. The summed E-state index contributed by atoms with van der Waals surface area (Å²) >= 11 is 1.71. The highest BCUT2D eigenvalue weighted by atomic mass is 32.2. The second kappa shape index (κ2) is 4.11. The minimum atomic E-state index is 0.0218. The highest BCUT2D eigenvalue weighted by molar-refractivity contribution is 7.99. The Labute approximate surface area is 75.9 Å². The molecule has 0 aliphatic heterocycles. The third kappa shape index (κ3) is 2.23. The predicted octanol–water partition coefficient (Wildman–Crippen LogP) is 1.48. The fourth-order valence-corrected chi connectivity index (χ4v) is 1.50. The summed E-state index contributed by atoms with van der Waals surface area (Å²) in [5.74, 6) is 1.04. The molecular formula is C8H11N3S. The van der Waals surface area contributed by atoms with E-state index in [1.807, 2.05) is 12.1 Å². The van der Waals surface area contributed by atoms with Crippen LogP contribution in [0.15, 0.2) is 23.2 Å². The van der Waals surface area contributed by atoms with Gasteiger partial charge in [-0.2, -0.15) is 0 Å². The van der Waals surface area contributed by atoms with Crippen molar-refractivity contribution < 1.29 is 0 Å². The van der Waals surface area contributed by atoms with Gasteiger partial charge in [0.05, 0.1) is 0 Å². The number of thioether (sulfide) groups is 1. The fourth-order valence-electron chi connectivity index (χ4n) is 0.815. The van der Waals surface area contributed by atoms with E-state index < -0.39 is 0 Å². The first-order valence-electron chi connectivity index (χ1n) is 3.67. The van der Waals surface area contributed by atoms with E-state index in [1.54, 1.807) is 18.0 Å². The predicted molar refractivity (Wildman–Crippen MR) is 51.7 cm³/mol. The number of rotatable bonds is 3. The van der Waals surface area contributed by atoms with Crippen molar-refractivity contribution in [3.63, 3.8) is 0 Å². The summed E-state index contributed by atoms with van der Waals surface area (Å²) in [6, 6.07) is 3.75. The Hall–Kier alpha value is -1.03. The van der Waals surface area contributed by atoms with Gasteiger partial charge in [-0.3, -0.25) is 10.4 Å². The Balaban J connectivity index is 2.88. The largest absolute Gasteiger partial charge is 0.382 e. The van der Waals surface area contributed by atoms with Gasteiger partial charge in [-0.25, -0.2) is 0 Å². The third-order valence-corrected chi connectivity index (χ3v) is 2.19. The van der Waals surface area contributed by atoms with Crippen LogP contribution in [0.1, 0.15) is 12.6 Å². The van der Waals surface area contributed by atoms with Crippen molar-refractivity contribution in [1.29, 1.82) is 5.41 Å². The Morgan fingerprint density at radius 2 is 2.50 bits per heavy atom. The van der Waals surface area contributed by atoms with Gasteiger partial charge in [-0.15, -0.1) is 11.8 Å². The Morgan fingerprint density at radius 3 is 3.08 bits per heavy atom. The van der Waals surface area contributed by atoms with Gasteiger partial charge in [0.1, 0.15) is 11.5 Å². The van der Waals surface area contributed by atoms with Gasteiger partial charge >= 0.3 is 0 Å². The first-order chi connectivity index (χ1) is 5.74. The molecule has 0 saturated heterocycles. The summed E-state index contributed by atoms with van der Waals surface area (Å²) in [7, 11) is 0. The van der Waals surface area contributed by atoms with Gasteiger partial charge in [0.2, 0.25) is 0 Å². The summed E-state index contributed by atoms with van der Waals surface area (Å²) in [6.07, 6.45) is 1.68. The molecule has 1 aromatic heterocycles. The van der Waals surface area contributed by atoms with Gasteiger partial charge in [-0.05, 0) is 17.9 Å². The zero-order valence-corrected chi connectivity index (χ0v) is 7.69. The number of hydrogen-bond acceptors (Lipinski definition) is 3. The molecule has 0 aliphatic carbocycles. The van der Waals surface area contributed by atoms with Crippen LogP contribution in [0.2, 0.25) is 0 Å². The SMILES string of the molecule is CCSc1ccnc(C(=N)N)c1. The minimum absolute atomic E-state index is 0.0218. The number of aromatic nitrogens is 1. The maximum absolute atomic E-state index is 7.17. The van der Waals surface area contributed by atoms with E-state index in [0.29, 0.717) is 5.69 Å². The quantitative estimate of drug-likeness (QED) is 0.422. The lowest BCUT2D eigenvalue weighted by Crippen LogP contribution is -2.12.